The quantitative estimate of drug-likeness (QED) is 0.550. The van der Waals surface area contributed by atoms with Crippen molar-refractivity contribution in [3.8, 4) is 21.9 Å². The minimum atomic E-state index is -0.245. The summed E-state index contributed by atoms with van der Waals surface area (Å²) in [5.41, 5.74) is 2.89. The van der Waals surface area contributed by atoms with Crippen LogP contribution < -0.4 is 14.8 Å². The van der Waals surface area contributed by atoms with E-state index >= 15 is 0 Å². The van der Waals surface area contributed by atoms with E-state index in [-0.39, 0.29) is 12.6 Å². The molecule has 7 heteroatoms. The summed E-state index contributed by atoms with van der Waals surface area (Å²) in [6.07, 6.45) is 1.55. The first-order valence-electron chi connectivity index (χ1n) is 8.39. The van der Waals surface area contributed by atoms with Gasteiger partial charge in [0.2, 0.25) is 6.79 Å². The summed E-state index contributed by atoms with van der Waals surface area (Å²) in [5.74, 6) is 2.06. The Balaban J connectivity index is 1.42. The van der Waals surface area contributed by atoms with E-state index < -0.39 is 0 Å². The maximum atomic E-state index is 13.2. The Bertz CT molecular complexity index is 1130. The van der Waals surface area contributed by atoms with Gasteiger partial charge in [0.15, 0.2) is 11.5 Å². The third-order valence-corrected chi connectivity index (χ3v) is 5.52. The molecule has 0 amide bonds. The van der Waals surface area contributed by atoms with Crippen LogP contribution in [0.2, 0.25) is 0 Å². The van der Waals surface area contributed by atoms with Gasteiger partial charge in [-0.2, -0.15) is 0 Å². The standard InChI is InChI=1S/C20H14FN3O2S/c21-14-4-2-13(3-5-14)18-8-15-19(27-18)20(24-10-23-15)22-9-12-1-6-16-17(7-12)26-11-25-16/h1-8,10H,9,11H2,(H,22,23,24). The van der Waals surface area contributed by atoms with Crippen LogP contribution in [0.1, 0.15) is 5.56 Å². The van der Waals surface area contributed by atoms with Crippen LogP contribution in [0.15, 0.2) is 54.9 Å². The summed E-state index contributed by atoms with van der Waals surface area (Å²) < 4.78 is 24.9. The zero-order chi connectivity index (χ0) is 18.2. The highest BCUT2D eigenvalue weighted by atomic mass is 32.1. The number of rotatable bonds is 4. The van der Waals surface area contributed by atoms with Gasteiger partial charge in [-0.05, 0) is 41.5 Å². The van der Waals surface area contributed by atoms with Crippen molar-refractivity contribution in [1.82, 2.24) is 9.97 Å². The third kappa shape index (κ3) is 3.06. The van der Waals surface area contributed by atoms with Crippen LogP contribution in [0.5, 0.6) is 11.5 Å². The number of anilines is 1. The lowest BCUT2D eigenvalue weighted by Crippen LogP contribution is -2.01. The van der Waals surface area contributed by atoms with Crippen molar-refractivity contribution in [2.75, 3.05) is 12.1 Å². The van der Waals surface area contributed by atoms with Gasteiger partial charge in [-0.1, -0.05) is 18.2 Å². The summed E-state index contributed by atoms with van der Waals surface area (Å²) in [4.78, 5) is 9.77. The van der Waals surface area contributed by atoms with E-state index in [4.69, 9.17) is 9.47 Å². The minimum Gasteiger partial charge on any atom is -0.454 e. The van der Waals surface area contributed by atoms with Crippen molar-refractivity contribution < 1.29 is 13.9 Å². The van der Waals surface area contributed by atoms with Crippen LogP contribution in [0.3, 0.4) is 0 Å². The van der Waals surface area contributed by atoms with E-state index in [1.165, 1.54) is 12.1 Å². The lowest BCUT2D eigenvalue weighted by atomic mass is 10.2. The molecule has 5 rings (SSSR count). The first-order chi connectivity index (χ1) is 13.3. The number of hydrogen-bond donors (Lipinski definition) is 1. The highest BCUT2D eigenvalue weighted by Gasteiger charge is 2.14. The Morgan fingerprint density at radius 3 is 2.74 bits per heavy atom. The molecule has 0 spiro atoms. The number of thiophene rings is 1. The largest absolute Gasteiger partial charge is 0.454 e. The summed E-state index contributed by atoms with van der Waals surface area (Å²) in [6, 6.07) is 14.3. The molecular weight excluding hydrogens is 365 g/mol. The van der Waals surface area contributed by atoms with E-state index in [1.54, 1.807) is 29.8 Å². The maximum Gasteiger partial charge on any atom is 0.231 e. The smallest absolute Gasteiger partial charge is 0.231 e. The van der Waals surface area contributed by atoms with Crippen LogP contribution in [0.4, 0.5) is 10.2 Å². The monoisotopic (exact) mass is 379 g/mol. The molecule has 1 N–H and O–H groups in total. The number of hydrogen-bond acceptors (Lipinski definition) is 6. The summed E-state index contributed by atoms with van der Waals surface area (Å²) in [6.45, 7) is 0.868. The van der Waals surface area contributed by atoms with E-state index in [0.29, 0.717) is 6.54 Å². The number of ether oxygens (including phenoxy) is 2. The molecule has 1 aliphatic rings. The van der Waals surface area contributed by atoms with Gasteiger partial charge in [-0.15, -0.1) is 11.3 Å². The predicted octanol–water partition coefficient (Wildman–Crippen LogP) is 4.84. The Labute approximate surface area is 158 Å². The third-order valence-electron chi connectivity index (χ3n) is 4.34. The zero-order valence-electron chi connectivity index (χ0n) is 14.1. The van der Waals surface area contributed by atoms with Gasteiger partial charge in [0, 0.05) is 11.4 Å². The molecule has 0 atom stereocenters. The summed E-state index contributed by atoms with van der Waals surface area (Å²) >= 11 is 1.58. The molecule has 0 radical (unpaired) electrons. The molecule has 0 fully saturated rings. The lowest BCUT2D eigenvalue weighted by molar-refractivity contribution is 0.174. The highest BCUT2D eigenvalue weighted by molar-refractivity contribution is 7.22. The summed E-state index contributed by atoms with van der Waals surface area (Å²) in [7, 11) is 0. The SMILES string of the molecule is Fc1ccc(-c2cc3ncnc(NCc4ccc5c(c4)OCO5)c3s2)cc1. The lowest BCUT2D eigenvalue weighted by Gasteiger charge is -2.07. The molecule has 2 aromatic carbocycles. The van der Waals surface area contributed by atoms with E-state index in [0.717, 1.165) is 43.5 Å². The molecular formula is C20H14FN3O2S. The van der Waals surface area contributed by atoms with Gasteiger partial charge in [0.1, 0.15) is 18.0 Å². The summed E-state index contributed by atoms with van der Waals surface area (Å²) in [5, 5.41) is 3.37. The molecule has 3 heterocycles. The minimum absolute atomic E-state index is 0.245. The number of fused-ring (bicyclic) bond motifs is 2. The van der Waals surface area contributed by atoms with Crippen LogP contribution in [-0.4, -0.2) is 16.8 Å². The van der Waals surface area contributed by atoms with Gasteiger partial charge in [0.05, 0.1) is 10.2 Å². The molecule has 0 unspecified atom stereocenters. The normalized spacial score (nSPS) is 12.5. The van der Waals surface area contributed by atoms with Gasteiger partial charge >= 0.3 is 0 Å². The molecule has 5 nitrogen and oxygen atoms in total. The molecule has 0 saturated carbocycles. The van der Waals surface area contributed by atoms with Crippen molar-refractivity contribution in [3.05, 3.63) is 66.2 Å². The van der Waals surface area contributed by atoms with Gasteiger partial charge in [-0.25, -0.2) is 14.4 Å². The number of nitrogens with one attached hydrogen (secondary N) is 1. The molecule has 134 valence electrons. The predicted molar refractivity (Wildman–Crippen MR) is 103 cm³/mol. The average Bonchev–Trinajstić information content (AvgIpc) is 3.33. The van der Waals surface area contributed by atoms with Gasteiger partial charge in [0.25, 0.3) is 0 Å². The average molecular weight is 379 g/mol. The highest BCUT2D eigenvalue weighted by Crippen LogP contribution is 2.36. The Morgan fingerprint density at radius 2 is 1.85 bits per heavy atom. The molecule has 2 aromatic heterocycles. The number of aromatic nitrogens is 2. The van der Waals surface area contributed by atoms with Crippen molar-refractivity contribution in [1.29, 1.82) is 0 Å². The molecule has 1 aliphatic heterocycles. The molecule has 0 saturated heterocycles. The Kier molecular flexibility index (Phi) is 3.86. The Hall–Kier alpha value is -3.19. The number of nitrogens with zero attached hydrogens (tertiary/aromatic N) is 2. The van der Waals surface area contributed by atoms with Gasteiger partial charge < -0.3 is 14.8 Å². The fraction of sp³-hybridized carbons (Fsp3) is 0.100. The second-order valence-electron chi connectivity index (χ2n) is 6.10. The van der Waals surface area contributed by atoms with Crippen LogP contribution in [0, 0.1) is 5.82 Å². The fourth-order valence-corrected chi connectivity index (χ4v) is 4.06. The molecule has 4 aromatic rings. The van der Waals surface area contributed by atoms with E-state index in [1.807, 2.05) is 24.3 Å². The molecule has 27 heavy (non-hydrogen) atoms. The van der Waals surface area contributed by atoms with E-state index in [2.05, 4.69) is 15.3 Å². The second-order valence-corrected chi connectivity index (χ2v) is 7.15. The number of benzene rings is 2. The second kappa shape index (κ2) is 6.51. The zero-order valence-corrected chi connectivity index (χ0v) is 14.9. The van der Waals surface area contributed by atoms with Crippen molar-refractivity contribution >= 4 is 27.4 Å². The fourth-order valence-electron chi connectivity index (χ4n) is 2.97. The van der Waals surface area contributed by atoms with Crippen LogP contribution in [-0.2, 0) is 6.54 Å². The molecule has 0 aliphatic carbocycles. The maximum absolute atomic E-state index is 13.2. The number of halogens is 1. The van der Waals surface area contributed by atoms with Crippen molar-refractivity contribution in [2.24, 2.45) is 0 Å². The van der Waals surface area contributed by atoms with Gasteiger partial charge in [-0.3, -0.25) is 0 Å². The van der Waals surface area contributed by atoms with Crippen LogP contribution >= 0.6 is 11.3 Å². The van der Waals surface area contributed by atoms with Crippen LogP contribution in [0.25, 0.3) is 20.7 Å². The van der Waals surface area contributed by atoms with Crippen molar-refractivity contribution in [3.63, 3.8) is 0 Å². The molecule has 0 bridgehead atoms. The Morgan fingerprint density at radius 1 is 1.00 bits per heavy atom. The van der Waals surface area contributed by atoms with Crippen molar-refractivity contribution in [2.45, 2.75) is 6.54 Å². The first kappa shape index (κ1) is 16.0. The topological polar surface area (TPSA) is 56.3 Å². The first-order valence-corrected chi connectivity index (χ1v) is 9.21. The van der Waals surface area contributed by atoms with E-state index in [9.17, 15) is 4.39 Å².